The Hall–Kier alpha value is -4.10. The molecule has 10 nitrogen and oxygen atoms in total. The molecule has 40 heavy (non-hydrogen) atoms. The molecule has 0 amide bonds. The normalized spacial score (nSPS) is 14.2. The Morgan fingerprint density at radius 2 is 1.90 bits per heavy atom. The molecule has 1 aromatic carbocycles. The number of pyridine rings is 1. The maximum atomic E-state index is 15.4. The number of hydrogen-bond acceptors (Lipinski definition) is 7. The van der Waals surface area contributed by atoms with Crippen LogP contribution in [0.15, 0.2) is 55.4 Å². The highest BCUT2D eigenvalue weighted by molar-refractivity contribution is 6.31. The topological polar surface area (TPSA) is 101 Å². The van der Waals surface area contributed by atoms with E-state index in [-0.39, 0.29) is 23.6 Å². The highest BCUT2D eigenvalue weighted by Gasteiger charge is 2.27. The average Bonchev–Trinajstić information content (AvgIpc) is 3.29. The Morgan fingerprint density at radius 1 is 1.05 bits per heavy atom. The first-order valence-corrected chi connectivity index (χ1v) is 12.9. The summed E-state index contributed by atoms with van der Waals surface area (Å²) in [5.74, 6) is 0.372. The minimum absolute atomic E-state index is 0.0415. The van der Waals surface area contributed by atoms with E-state index >= 15 is 4.39 Å². The van der Waals surface area contributed by atoms with Crippen LogP contribution in [0.2, 0.25) is 5.02 Å². The average molecular weight is 570 g/mol. The van der Waals surface area contributed by atoms with Crippen molar-refractivity contribution in [1.29, 1.82) is 0 Å². The summed E-state index contributed by atoms with van der Waals surface area (Å²) >= 11 is 6.15. The first-order chi connectivity index (χ1) is 19.4. The summed E-state index contributed by atoms with van der Waals surface area (Å²) in [6, 6.07) is 6.01. The van der Waals surface area contributed by atoms with E-state index in [9.17, 15) is 8.78 Å². The molecule has 5 aromatic rings. The van der Waals surface area contributed by atoms with Gasteiger partial charge in [-0.3, -0.25) is 9.67 Å². The summed E-state index contributed by atoms with van der Waals surface area (Å²) in [6.45, 7) is -3.13. The van der Waals surface area contributed by atoms with Crippen LogP contribution >= 0.6 is 11.6 Å². The number of halogens is 4. The lowest BCUT2D eigenvalue weighted by Gasteiger charge is -2.18. The molecule has 0 spiro atoms. The van der Waals surface area contributed by atoms with Crippen LogP contribution in [0.1, 0.15) is 42.6 Å². The van der Waals surface area contributed by atoms with Gasteiger partial charge in [0, 0.05) is 36.5 Å². The quantitative estimate of drug-likeness (QED) is 0.227. The monoisotopic (exact) mass is 569 g/mol. The van der Waals surface area contributed by atoms with Crippen molar-refractivity contribution in [1.82, 2.24) is 44.5 Å². The molecule has 1 saturated carbocycles. The van der Waals surface area contributed by atoms with E-state index < -0.39 is 18.5 Å². The van der Waals surface area contributed by atoms with Crippen LogP contribution < -0.4 is 0 Å². The fraction of sp³-hybridized carbons (Fsp3) is 0.308. The molecule has 6 rings (SSSR count). The van der Waals surface area contributed by atoms with Crippen molar-refractivity contribution < 1.29 is 17.9 Å². The molecule has 1 atom stereocenters. The molecule has 0 aliphatic heterocycles. The molecule has 0 radical (unpaired) electrons. The number of nitrogens with zero attached hydrogens (tertiary/aromatic N) is 9. The minimum atomic E-state index is -2.90. The summed E-state index contributed by atoms with van der Waals surface area (Å²) < 4.78 is 50.1. The largest absolute Gasteiger partial charge is 0.345 e. The van der Waals surface area contributed by atoms with Crippen molar-refractivity contribution in [2.24, 2.45) is 7.05 Å². The maximum absolute atomic E-state index is 15.4. The Labute approximate surface area is 231 Å². The summed E-state index contributed by atoms with van der Waals surface area (Å²) in [5, 5.41) is 16.9. The fourth-order valence-electron chi connectivity index (χ4n) is 4.58. The summed E-state index contributed by atoms with van der Waals surface area (Å²) in [4.78, 5) is 8.80. The second-order valence-corrected chi connectivity index (χ2v) is 9.85. The molecular weight excluding hydrogens is 547 g/mol. The first kappa shape index (κ1) is 26.1. The van der Waals surface area contributed by atoms with Crippen molar-refractivity contribution in [3.05, 3.63) is 77.6 Å². The molecule has 4 aromatic heterocycles. The van der Waals surface area contributed by atoms with Gasteiger partial charge in [-0.25, -0.2) is 18.7 Å². The highest BCUT2D eigenvalue weighted by Crippen LogP contribution is 2.40. The molecule has 0 N–H and O–H groups in total. The van der Waals surface area contributed by atoms with Crippen molar-refractivity contribution in [2.75, 3.05) is 6.61 Å². The maximum Gasteiger partial charge on any atom is 0.345 e. The predicted molar refractivity (Wildman–Crippen MR) is 138 cm³/mol. The van der Waals surface area contributed by atoms with E-state index in [2.05, 4.69) is 35.2 Å². The SMILES string of the molecule is Cn1ncnc1-c1cnn(C(CCOC(F)F)c2ccc(-c3c(-n4cc(C5CC5)nn4)ccc(Cl)c3F)cn2)c1. The van der Waals surface area contributed by atoms with Gasteiger partial charge in [0.2, 0.25) is 0 Å². The lowest BCUT2D eigenvalue weighted by molar-refractivity contribution is -0.130. The number of alkyl halides is 2. The van der Waals surface area contributed by atoms with Crippen LogP contribution in [0, 0.1) is 5.82 Å². The molecule has 1 unspecified atom stereocenters. The third-order valence-electron chi connectivity index (χ3n) is 6.77. The number of hydrogen-bond donors (Lipinski definition) is 0. The van der Waals surface area contributed by atoms with E-state index in [1.54, 1.807) is 57.9 Å². The van der Waals surface area contributed by atoms with Crippen molar-refractivity contribution in [3.63, 3.8) is 0 Å². The van der Waals surface area contributed by atoms with Crippen molar-refractivity contribution >= 4 is 11.6 Å². The summed E-state index contributed by atoms with van der Waals surface area (Å²) in [5.41, 5.74) is 3.24. The van der Waals surface area contributed by atoms with E-state index in [0.717, 1.165) is 18.5 Å². The van der Waals surface area contributed by atoms with Gasteiger partial charge in [0.25, 0.3) is 0 Å². The molecule has 0 saturated heterocycles. The molecule has 1 fully saturated rings. The van der Waals surface area contributed by atoms with Crippen molar-refractivity contribution in [2.45, 2.75) is 37.8 Å². The number of ether oxygens (including phenoxy) is 1. The Morgan fingerprint density at radius 3 is 2.60 bits per heavy atom. The number of rotatable bonds is 10. The zero-order valence-electron chi connectivity index (χ0n) is 21.2. The molecule has 1 aliphatic rings. The fourth-order valence-corrected chi connectivity index (χ4v) is 4.74. The van der Waals surface area contributed by atoms with Gasteiger partial charge >= 0.3 is 6.61 Å². The zero-order chi connectivity index (χ0) is 27.8. The smallest absolute Gasteiger partial charge is 0.323 e. The standard InChI is InChI=1S/C26H23ClF3N9O/c1-37-25(32-14-34-37)17-11-33-38(12-17)21(8-9-40-26(29)30)19-6-4-16(10-31-19)23-22(7-5-18(27)24(23)28)39-13-20(35-36-39)15-2-3-15/h4-7,10-15,21,26H,2-3,8-9H2,1H3. The second-order valence-electron chi connectivity index (χ2n) is 9.44. The van der Waals surface area contributed by atoms with Gasteiger partial charge in [-0.05, 0) is 37.5 Å². The lowest BCUT2D eigenvalue weighted by Crippen LogP contribution is -2.16. The van der Waals surface area contributed by atoms with Gasteiger partial charge in [0.05, 0.1) is 52.7 Å². The van der Waals surface area contributed by atoms with E-state index in [1.165, 1.54) is 18.6 Å². The second kappa shape index (κ2) is 10.8. The molecule has 4 heterocycles. The lowest BCUT2D eigenvalue weighted by atomic mass is 10.0. The molecule has 14 heteroatoms. The van der Waals surface area contributed by atoms with Crippen LogP contribution in [0.5, 0.6) is 0 Å². The van der Waals surface area contributed by atoms with Crippen LogP contribution in [0.4, 0.5) is 13.2 Å². The summed E-state index contributed by atoms with van der Waals surface area (Å²) in [7, 11) is 1.75. The van der Waals surface area contributed by atoms with Crippen LogP contribution in [-0.2, 0) is 11.8 Å². The van der Waals surface area contributed by atoms with E-state index in [1.807, 2.05) is 0 Å². The van der Waals surface area contributed by atoms with Crippen LogP contribution in [0.3, 0.4) is 0 Å². The highest BCUT2D eigenvalue weighted by atomic mass is 35.5. The van der Waals surface area contributed by atoms with Gasteiger partial charge < -0.3 is 4.74 Å². The zero-order valence-corrected chi connectivity index (χ0v) is 22.0. The summed E-state index contributed by atoms with van der Waals surface area (Å²) in [6.07, 6.45) is 10.4. The van der Waals surface area contributed by atoms with Gasteiger partial charge in [-0.2, -0.15) is 19.0 Å². The Balaban J connectivity index is 1.34. The first-order valence-electron chi connectivity index (χ1n) is 12.5. The molecule has 1 aliphatic carbocycles. The van der Waals surface area contributed by atoms with Gasteiger partial charge in [0.1, 0.15) is 6.33 Å². The number of benzene rings is 1. The van der Waals surface area contributed by atoms with E-state index in [4.69, 9.17) is 11.6 Å². The Bertz CT molecular complexity index is 1630. The van der Waals surface area contributed by atoms with Gasteiger partial charge in [-0.1, -0.05) is 22.9 Å². The third kappa shape index (κ3) is 5.21. The number of aryl methyl sites for hydroxylation is 1. The van der Waals surface area contributed by atoms with E-state index in [0.29, 0.717) is 34.3 Å². The van der Waals surface area contributed by atoms with Crippen LogP contribution in [0.25, 0.3) is 28.2 Å². The van der Waals surface area contributed by atoms with Crippen LogP contribution in [-0.4, -0.2) is 57.7 Å². The minimum Gasteiger partial charge on any atom is -0.323 e. The predicted octanol–water partition coefficient (Wildman–Crippen LogP) is 5.21. The molecular formula is C26H23ClF3N9O. The Kier molecular flexibility index (Phi) is 7.07. The number of aromatic nitrogens is 9. The van der Waals surface area contributed by atoms with Gasteiger partial charge in [-0.15, -0.1) is 5.10 Å². The molecule has 206 valence electrons. The molecule has 0 bridgehead atoms. The van der Waals surface area contributed by atoms with Crippen molar-refractivity contribution in [3.8, 4) is 28.2 Å². The van der Waals surface area contributed by atoms with Gasteiger partial charge in [0.15, 0.2) is 11.6 Å². The third-order valence-corrected chi connectivity index (χ3v) is 7.06.